The number of rotatable bonds is 2. The molecule has 0 aliphatic carbocycles. The van der Waals surface area contributed by atoms with E-state index in [1.165, 1.54) is 17.7 Å². The number of nitrogens with zero attached hydrogens (tertiary/aromatic N) is 1. The van der Waals surface area contributed by atoms with Gasteiger partial charge in [-0.1, -0.05) is 32.0 Å². The van der Waals surface area contributed by atoms with Crippen molar-refractivity contribution in [3.63, 3.8) is 0 Å². The van der Waals surface area contributed by atoms with Gasteiger partial charge in [0.2, 0.25) is 0 Å². The second-order valence-corrected chi connectivity index (χ2v) is 5.85. The van der Waals surface area contributed by atoms with Gasteiger partial charge in [0.1, 0.15) is 0 Å². The van der Waals surface area contributed by atoms with E-state index in [1.54, 1.807) is 0 Å². The molecule has 0 spiro atoms. The van der Waals surface area contributed by atoms with E-state index in [-0.39, 0.29) is 0 Å². The van der Waals surface area contributed by atoms with Crippen LogP contribution >= 0.6 is 0 Å². The Hall–Kier alpha value is -1.02. The van der Waals surface area contributed by atoms with Crippen LogP contribution in [0.1, 0.15) is 45.6 Å². The fourth-order valence-electron chi connectivity index (χ4n) is 2.73. The van der Waals surface area contributed by atoms with Crippen LogP contribution < -0.4 is 10.2 Å². The first kappa shape index (κ1) is 13.4. The molecule has 1 aliphatic rings. The predicted molar refractivity (Wildman–Crippen MR) is 79.4 cm³/mol. The third-order valence-electron chi connectivity index (χ3n) is 3.96. The zero-order valence-corrected chi connectivity index (χ0v) is 12.1. The van der Waals surface area contributed by atoms with Gasteiger partial charge < -0.3 is 10.2 Å². The number of para-hydroxylation sites is 1. The lowest BCUT2D eigenvalue weighted by molar-refractivity contribution is 0.548. The molecule has 0 amide bonds. The molecule has 1 heterocycles. The van der Waals surface area contributed by atoms with Gasteiger partial charge in [-0.3, -0.25) is 0 Å². The van der Waals surface area contributed by atoms with Crippen LogP contribution in [0.2, 0.25) is 0 Å². The van der Waals surface area contributed by atoms with Crippen molar-refractivity contribution in [2.45, 2.75) is 52.1 Å². The lowest BCUT2D eigenvalue weighted by Gasteiger charge is -2.32. The Morgan fingerprint density at radius 2 is 1.94 bits per heavy atom. The first-order valence-corrected chi connectivity index (χ1v) is 7.18. The van der Waals surface area contributed by atoms with E-state index in [0.29, 0.717) is 18.0 Å². The zero-order valence-electron chi connectivity index (χ0n) is 12.1. The van der Waals surface area contributed by atoms with Crippen LogP contribution in [0.3, 0.4) is 0 Å². The van der Waals surface area contributed by atoms with E-state index < -0.39 is 0 Å². The van der Waals surface area contributed by atoms with Crippen molar-refractivity contribution in [1.82, 2.24) is 5.32 Å². The molecule has 2 unspecified atom stereocenters. The average Bonchev–Trinajstić information content (AvgIpc) is 2.52. The third kappa shape index (κ3) is 2.86. The maximum Gasteiger partial charge on any atom is 0.0404 e. The first-order chi connectivity index (χ1) is 8.59. The molecule has 0 radical (unpaired) electrons. The van der Waals surface area contributed by atoms with E-state index >= 15 is 0 Å². The van der Waals surface area contributed by atoms with Gasteiger partial charge >= 0.3 is 0 Å². The SMILES string of the molecule is CC1CCN(c2ccccc2C(C)C)C(C)CN1. The molecule has 2 rings (SSSR count). The van der Waals surface area contributed by atoms with Crippen LogP contribution in [0.5, 0.6) is 0 Å². The molecule has 18 heavy (non-hydrogen) atoms. The zero-order chi connectivity index (χ0) is 13.1. The molecule has 1 fully saturated rings. The standard InChI is InChI=1S/C16H26N2/c1-12(2)15-7-5-6-8-16(15)18-10-9-13(3)17-11-14(18)4/h5-8,12-14,17H,9-11H2,1-4H3. The van der Waals surface area contributed by atoms with Gasteiger partial charge in [0.15, 0.2) is 0 Å². The third-order valence-corrected chi connectivity index (χ3v) is 3.96. The first-order valence-electron chi connectivity index (χ1n) is 7.18. The summed E-state index contributed by atoms with van der Waals surface area (Å²) in [6, 6.07) is 10.1. The van der Waals surface area contributed by atoms with Gasteiger partial charge in [0, 0.05) is 30.9 Å². The van der Waals surface area contributed by atoms with Gasteiger partial charge in [-0.05, 0) is 37.8 Å². The number of anilines is 1. The van der Waals surface area contributed by atoms with E-state index in [9.17, 15) is 0 Å². The predicted octanol–water partition coefficient (Wildman–Crippen LogP) is 3.39. The van der Waals surface area contributed by atoms with Crippen LogP contribution in [0.15, 0.2) is 24.3 Å². The van der Waals surface area contributed by atoms with E-state index in [4.69, 9.17) is 0 Å². The molecule has 2 heteroatoms. The second-order valence-electron chi connectivity index (χ2n) is 5.85. The van der Waals surface area contributed by atoms with E-state index in [2.05, 4.69) is 62.2 Å². The van der Waals surface area contributed by atoms with Gasteiger partial charge in [-0.25, -0.2) is 0 Å². The summed E-state index contributed by atoms with van der Waals surface area (Å²) in [5, 5.41) is 3.60. The molecule has 1 aromatic rings. The lowest BCUT2D eigenvalue weighted by Crippen LogP contribution is -2.38. The van der Waals surface area contributed by atoms with Gasteiger partial charge in [-0.15, -0.1) is 0 Å². The van der Waals surface area contributed by atoms with Gasteiger partial charge in [0.25, 0.3) is 0 Å². The maximum atomic E-state index is 3.60. The van der Waals surface area contributed by atoms with Crippen LogP contribution in [0.25, 0.3) is 0 Å². The Labute approximate surface area is 111 Å². The molecule has 1 saturated heterocycles. The lowest BCUT2D eigenvalue weighted by atomic mass is 9.99. The van der Waals surface area contributed by atoms with Crippen LogP contribution in [-0.4, -0.2) is 25.2 Å². The summed E-state index contributed by atoms with van der Waals surface area (Å²) in [6.45, 7) is 11.4. The van der Waals surface area contributed by atoms with Crippen molar-refractivity contribution in [2.24, 2.45) is 0 Å². The minimum Gasteiger partial charge on any atom is -0.367 e. The highest BCUT2D eigenvalue weighted by Crippen LogP contribution is 2.29. The van der Waals surface area contributed by atoms with Crippen LogP contribution in [0, 0.1) is 0 Å². The number of benzene rings is 1. The smallest absolute Gasteiger partial charge is 0.0404 e. The molecular weight excluding hydrogens is 220 g/mol. The fraction of sp³-hybridized carbons (Fsp3) is 0.625. The molecule has 2 nitrogen and oxygen atoms in total. The highest BCUT2D eigenvalue weighted by atomic mass is 15.2. The van der Waals surface area contributed by atoms with E-state index in [0.717, 1.165) is 13.1 Å². The summed E-state index contributed by atoms with van der Waals surface area (Å²) in [5.41, 5.74) is 2.90. The highest BCUT2D eigenvalue weighted by molar-refractivity contribution is 5.55. The Morgan fingerprint density at radius 3 is 2.67 bits per heavy atom. The molecule has 1 N–H and O–H groups in total. The summed E-state index contributed by atoms with van der Waals surface area (Å²) in [4.78, 5) is 2.58. The van der Waals surface area contributed by atoms with Gasteiger partial charge in [0.05, 0.1) is 0 Å². The van der Waals surface area contributed by atoms with Crippen molar-refractivity contribution < 1.29 is 0 Å². The summed E-state index contributed by atoms with van der Waals surface area (Å²) in [6.07, 6.45) is 1.22. The molecular formula is C16H26N2. The molecule has 0 bridgehead atoms. The monoisotopic (exact) mass is 246 g/mol. The highest BCUT2D eigenvalue weighted by Gasteiger charge is 2.22. The van der Waals surface area contributed by atoms with Gasteiger partial charge in [-0.2, -0.15) is 0 Å². The van der Waals surface area contributed by atoms with Crippen LogP contribution in [-0.2, 0) is 0 Å². The summed E-state index contributed by atoms with van der Waals surface area (Å²) in [7, 11) is 0. The van der Waals surface area contributed by atoms with Crippen molar-refractivity contribution in [3.8, 4) is 0 Å². The van der Waals surface area contributed by atoms with Crippen molar-refractivity contribution >= 4 is 5.69 Å². The Kier molecular flexibility index (Phi) is 4.28. The second kappa shape index (κ2) is 5.75. The fourth-order valence-corrected chi connectivity index (χ4v) is 2.73. The molecule has 1 aliphatic heterocycles. The Balaban J connectivity index is 2.29. The van der Waals surface area contributed by atoms with Crippen molar-refractivity contribution in [1.29, 1.82) is 0 Å². The molecule has 0 aromatic heterocycles. The summed E-state index contributed by atoms with van der Waals surface area (Å²) >= 11 is 0. The normalized spacial score (nSPS) is 25.3. The molecule has 2 atom stereocenters. The number of nitrogens with one attached hydrogen (secondary N) is 1. The number of hydrogen-bond donors (Lipinski definition) is 1. The average molecular weight is 246 g/mol. The molecule has 100 valence electrons. The number of hydrogen-bond acceptors (Lipinski definition) is 2. The topological polar surface area (TPSA) is 15.3 Å². The Bertz CT molecular complexity index is 386. The summed E-state index contributed by atoms with van der Waals surface area (Å²) in [5.74, 6) is 0.585. The quantitative estimate of drug-likeness (QED) is 0.860. The van der Waals surface area contributed by atoms with E-state index in [1.807, 2.05) is 0 Å². The summed E-state index contributed by atoms with van der Waals surface area (Å²) < 4.78 is 0. The minimum absolute atomic E-state index is 0.565. The molecule has 0 saturated carbocycles. The maximum absolute atomic E-state index is 3.60. The Morgan fingerprint density at radius 1 is 1.22 bits per heavy atom. The molecule has 1 aromatic carbocycles. The van der Waals surface area contributed by atoms with Crippen molar-refractivity contribution in [3.05, 3.63) is 29.8 Å². The minimum atomic E-state index is 0.565. The largest absolute Gasteiger partial charge is 0.367 e. The van der Waals surface area contributed by atoms with Crippen LogP contribution in [0.4, 0.5) is 5.69 Å². The van der Waals surface area contributed by atoms with Crippen molar-refractivity contribution in [2.75, 3.05) is 18.0 Å².